The Morgan fingerprint density at radius 3 is 2.07 bits per heavy atom. The van der Waals surface area contributed by atoms with Crippen molar-refractivity contribution in [2.24, 2.45) is 11.8 Å². The van der Waals surface area contributed by atoms with Gasteiger partial charge in [-0.05, 0) is 32.1 Å². The highest BCUT2D eigenvalue weighted by atomic mass is 16.5. The van der Waals surface area contributed by atoms with Crippen LogP contribution in [0.5, 0.6) is 0 Å². The minimum atomic E-state index is 0.0672. The van der Waals surface area contributed by atoms with Crippen molar-refractivity contribution < 1.29 is 4.74 Å². The lowest BCUT2D eigenvalue weighted by molar-refractivity contribution is 0.0126. The quantitative estimate of drug-likeness (QED) is 0.571. The molecule has 0 amide bonds. The maximum Gasteiger partial charge on any atom is 0.0622 e. The lowest BCUT2D eigenvalue weighted by Gasteiger charge is -2.23. The molecular weight excluding hydrogens is 184 g/mol. The minimum absolute atomic E-state index is 0.0672. The van der Waals surface area contributed by atoms with Gasteiger partial charge in [0.25, 0.3) is 0 Å². The average molecular weight is 214 g/mol. The Balaban J connectivity index is 3.50. The summed E-state index contributed by atoms with van der Waals surface area (Å²) in [4.78, 5) is 0. The summed E-state index contributed by atoms with van der Waals surface area (Å²) in [6.07, 6.45) is 6.56. The second-order valence-corrected chi connectivity index (χ2v) is 5.93. The van der Waals surface area contributed by atoms with Crippen molar-refractivity contribution in [3.8, 4) is 0 Å². The summed E-state index contributed by atoms with van der Waals surface area (Å²) in [5.41, 5.74) is 0.0672. The van der Waals surface area contributed by atoms with Gasteiger partial charge in [-0.1, -0.05) is 46.5 Å². The summed E-state index contributed by atoms with van der Waals surface area (Å²) >= 11 is 0. The van der Waals surface area contributed by atoms with E-state index in [0.717, 1.165) is 11.8 Å². The zero-order valence-electron chi connectivity index (χ0n) is 11.6. The van der Waals surface area contributed by atoms with E-state index in [2.05, 4.69) is 34.6 Å². The summed E-state index contributed by atoms with van der Waals surface area (Å²) in [6.45, 7) is 11.3. The van der Waals surface area contributed by atoms with Crippen molar-refractivity contribution in [3.05, 3.63) is 0 Å². The van der Waals surface area contributed by atoms with Crippen LogP contribution in [0.2, 0.25) is 0 Å². The van der Waals surface area contributed by atoms with Gasteiger partial charge in [-0.2, -0.15) is 0 Å². The van der Waals surface area contributed by atoms with Crippen LogP contribution in [-0.2, 0) is 4.74 Å². The standard InChI is InChI=1S/C14H30O/c1-12(2)9-10-13(3)8-7-11-14(4,5)15-6/h12-13H,7-11H2,1-6H3. The molecule has 1 heteroatoms. The molecule has 0 aliphatic rings. The van der Waals surface area contributed by atoms with Gasteiger partial charge in [0.15, 0.2) is 0 Å². The van der Waals surface area contributed by atoms with Crippen LogP contribution in [-0.4, -0.2) is 12.7 Å². The van der Waals surface area contributed by atoms with Gasteiger partial charge in [0, 0.05) is 7.11 Å². The third-order valence-electron chi connectivity index (χ3n) is 3.27. The Kier molecular flexibility index (Phi) is 7.25. The molecule has 0 saturated heterocycles. The van der Waals surface area contributed by atoms with Crippen LogP contribution in [0.1, 0.15) is 66.7 Å². The Labute approximate surface area is 96.6 Å². The van der Waals surface area contributed by atoms with E-state index < -0.39 is 0 Å². The predicted octanol–water partition coefficient (Wildman–Crippen LogP) is 4.65. The maximum absolute atomic E-state index is 5.42. The lowest BCUT2D eigenvalue weighted by Crippen LogP contribution is -2.22. The van der Waals surface area contributed by atoms with Crippen molar-refractivity contribution in [1.29, 1.82) is 0 Å². The summed E-state index contributed by atoms with van der Waals surface area (Å²) in [5, 5.41) is 0. The summed E-state index contributed by atoms with van der Waals surface area (Å²) in [6, 6.07) is 0. The van der Waals surface area contributed by atoms with Crippen LogP contribution < -0.4 is 0 Å². The molecular formula is C14H30O. The minimum Gasteiger partial charge on any atom is -0.379 e. The molecule has 1 unspecified atom stereocenters. The van der Waals surface area contributed by atoms with Gasteiger partial charge in [0.1, 0.15) is 0 Å². The molecule has 0 aromatic rings. The fourth-order valence-corrected chi connectivity index (χ4v) is 1.74. The van der Waals surface area contributed by atoms with E-state index in [9.17, 15) is 0 Å². The average Bonchev–Trinajstić information content (AvgIpc) is 2.14. The summed E-state index contributed by atoms with van der Waals surface area (Å²) < 4.78 is 5.42. The number of rotatable bonds is 8. The second kappa shape index (κ2) is 7.27. The fourth-order valence-electron chi connectivity index (χ4n) is 1.74. The summed E-state index contributed by atoms with van der Waals surface area (Å²) in [5.74, 6) is 1.72. The van der Waals surface area contributed by atoms with Crippen molar-refractivity contribution in [1.82, 2.24) is 0 Å². The van der Waals surface area contributed by atoms with Crippen molar-refractivity contribution in [3.63, 3.8) is 0 Å². The van der Waals surface area contributed by atoms with Crippen LogP contribution in [0.15, 0.2) is 0 Å². The molecule has 0 bridgehead atoms. The third-order valence-corrected chi connectivity index (χ3v) is 3.27. The van der Waals surface area contributed by atoms with Crippen molar-refractivity contribution >= 4 is 0 Å². The Bertz CT molecular complexity index is 149. The van der Waals surface area contributed by atoms with E-state index in [1.165, 1.54) is 32.1 Å². The fraction of sp³-hybridized carbons (Fsp3) is 1.00. The highest BCUT2D eigenvalue weighted by molar-refractivity contribution is 4.68. The molecule has 0 N–H and O–H groups in total. The molecule has 92 valence electrons. The smallest absolute Gasteiger partial charge is 0.0622 e. The van der Waals surface area contributed by atoms with E-state index >= 15 is 0 Å². The van der Waals surface area contributed by atoms with Crippen LogP contribution in [0.3, 0.4) is 0 Å². The van der Waals surface area contributed by atoms with Crippen LogP contribution in [0, 0.1) is 11.8 Å². The van der Waals surface area contributed by atoms with Gasteiger partial charge in [-0.3, -0.25) is 0 Å². The molecule has 0 saturated carbocycles. The first kappa shape index (κ1) is 15.0. The van der Waals surface area contributed by atoms with E-state index in [0.29, 0.717) is 0 Å². The first-order chi connectivity index (χ1) is 6.87. The predicted molar refractivity (Wildman–Crippen MR) is 68.2 cm³/mol. The molecule has 15 heavy (non-hydrogen) atoms. The molecule has 1 nitrogen and oxygen atoms in total. The normalized spacial score (nSPS) is 14.6. The highest BCUT2D eigenvalue weighted by Crippen LogP contribution is 2.22. The van der Waals surface area contributed by atoms with Gasteiger partial charge < -0.3 is 4.74 Å². The van der Waals surface area contributed by atoms with Crippen molar-refractivity contribution in [2.75, 3.05) is 7.11 Å². The first-order valence-electron chi connectivity index (χ1n) is 6.42. The van der Waals surface area contributed by atoms with Gasteiger partial charge in [0.05, 0.1) is 5.60 Å². The molecule has 0 heterocycles. The molecule has 0 rings (SSSR count). The first-order valence-corrected chi connectivity index (χ1v) is 6.42. The molecule has 0 aromatic carbocycles. The molecule has 0 aliphatic carbocycles. The lowest BCUT2D eigenvalue weighted by atomic mass is 9.92. The number of methoxy groups -OCH3 is 1. The highest BCUT2D eigenvalue weighted by Gasteiger charge is 2.16. The van der Waals surface area contributed by atoms with Crippen LogP contribution in [0.4, 0.5) is 0 Å². The maximum atomic E-state index is 5.42. The van der Waals surface area contributed by atoms with Gasteiger partial charge in [0.2, 0.25) is 0 Å². The second-order valence-electron chi connectivity index (χ2n) is 5.93. The zero-order valence-corrected chi connectivity index (χ0v) is 11.6. The van der Waals surface area contributed by atoms with Gasteiger partial charge >= 0.3 is 0 Å². The van der Waals surface area contributed by atoms with E-state index in [-0.39, 0.29) is 5.60 Å². The molecule has 0 spiro atoms. The largest absolute Gasteiger partial charge is 0.379 e. The summed E-state index contributed by atoms with van der Waals surface area (Å²) in [7, 11) is 1.81. The Hall–Kier alpha value is -0.0400. The van der Waals surface area contributed by atoms with Gasteiger partial charge in [-0.15, -0.1) is 0 Å². The molecule has 0 fully saturated rings. The molecule has 0 aliphatic heterocycles. The van der Waals surface area contributed by atoms with Crippen LogP contribution >= 0.6 is 0 Å². The number of hydrogen-bond donors (Lipinski definition) is 0. The van der Waals surface area contributed by atoms with Crippen molar-refractivity contribution in [2.45, 2.75) is 72.3 Å². The molecule has 0 aromatic heterocycles. The zero-order chi connectivity index (χ0) is 11.9. The SMILES string of the molecule is COC(C)(C)CCCC(C)CCC(C)C. The number of ether oxygens (including phenoxy) is 1. The monoisotopic (exact) mass is 214 g/mol. The van der Waals surface area contributed by atoms with Crippen LogP contribution in [0.25, 0.3) is 0 Å². The Morgan fingerprint density at radius 2 is 1.60 bits per heavy atom. The third kappa shape index (κ3) is 8.92. The molecule has 0 radical (unpaired) electrons. The van der Waals surface area contributed by atoms with Gasteiger partial charge in [-0.25, -0.2) is 0 Å². The van der Waals surface area contributed by atoms with E-state index in [4.69, 9.17) is 4.74 Å². The topological polar surface area (TPSA) is 9.23 Å². The molecule has 1 atom stereocenters. The van der Waals surface area contributed by atoms with E-state index in [1.807, 2.05) is 7.11 Å². The number of hydrogen-bond acceptors (Lipinski definition) is 1. The Morgan fingerprint density at radius 1 is 1.00 bits per heavy atom. The van der Waals surface area contributed by atoms with E-state index in [1.54, 1.807) is 0 Å².